The summed E-state index contributed by atoms with van der Waals surface area (Å²) in [6.07, 6.45) is 1.20. The van der Waals surface area contributed by atoms with Crippen molar-refractivity contribution in [2.45, 2.75) is 32.7 Å². The van der Waals surface area contributed by atoms with Gasteiger partial charge in [0.25, 0.3) is 0 Å². The summed E-state index contributed by atoms with van der Waals surface area (Å²) in [4.78, 5) is 22.5. The number of rotatable bonds is 9. The number of nitrogens with zero attached hydrogens (tertiary/aromatic N) is 4. The Morgan fingerprint density at radius 2 is 2.07 bits per heavy atom. The molecule has 8 heteroatoms. The standard InChI is InChI=1S/C21H24FN5O2/c1-3-5-19(22)26(14(2)23)12-18(29)15-7-9-16(10-8-15)27-20(13-28)25-17-6-4-11-24-21(17)27/h4,6-11,19,28H,2-3,5,12-13,23H2,1H3. The zero-order chi connectivity index (χ0) is 21.0. The van der Waals surface area contributed by atoms with Crippen LogP contribution in [0.2, 0.25) is 0 Å². The van der Waals surface area contributed by atoms with E-state index in [1.54, 1.807) is 41.1 Å². The minimum atomic E-state index is -1.35. The average molecular weight is 397 g/mol. The second-order valence-corrected chi connectivity index (χ2v) is 6.68. The Hall–Kier alpha value is -3.26. The SMILES string of the molecule is C=C(N)N(CC(=O)c1ccc(-n2c(CO)nc3cccnc32)cc1)C(F)CCC. The Bertz CT molecular complexity index is 1020. The van der Waals surface area contributed by atoms with E-state index in [1.807, 2.05) is 13.0 Å². The molecule has 3 aromatic rings. The number of hydrogen-bond donors (Lipinski definition) is 2. The predicted molar refractivity (Wildman–Crippen MR) is 109 cm³/mol. The lowest BCUT2D eigenvalue weighted by Gasteiger charge is -2.27. The van der Waals surface area contributed by atoms with E-state index >= 15 is 0 Å². The third-order valence-electron chi connectivity index (χ3n) is 4.62. The highest BCUT2D eigenvalue weighted by Crippen LogP contribution is 2.21. The van der Waals surface area contributed by atoms with Crippen molar-refractivity contribution in [3.8, 4) is 5.69 Å². The Morgan fingerprint density at radius 1 is 1.34 bits per heavy atom. The van der Waals surface area contributed by atoms with Crippen LogP contribution in [0.4, 0.5) is 4.39 Å². The van der Waals surface area contributed by atoms with Gasteiger partial charge in [0, 0.05) is 17.4 Å². The maximum Gasteiger partial charge on any atom is 0.182 e. The smallest absolute Gasteiger partial charge is 0.182 e. The van der Waals surface area contributed by atoms with Crippen molar-refractivity contribution < 1.29 is 14.3 Å². The molecule has 7 nitrogen and oxygen atoms in total. The highest BCUT2D eigenvalue weighted by molar-refractivity contribution is 5.98. The summed E-state index contributed by atoms with van der Waals surface area (Å²) in [6, 6.07) is 10.4. The van der Waals surface area contributed by atoms with Gasteiger partial charge in [-0.25, -0.2) is 14.4 Å². The number of nitrogens with two attached hydrogens (primary N) is 1. The number of fused-ring (bicyclic) bond motifs is 1. The second-order valence-electron chi connectivity index (χ2n) is 6.68. The monoisotopic (exact) mass is 397 g/mol. The Balaban J connectivity index is 1.85. The van der Waals surface area contributed by atoms with Crippen LogP contribution in [0.25, 0.3) is 16.9 Å². The molecule has 0 spiro atoms. The molecule has 0 bridgehead atoms. The van der Waals surface area contributed by atoms with Crippen molar-refractivity contribution in [1.29, 1.82) is 0 Å². The quantitative estimate of drug-likeness (QED) is 0.426. The van der Waals surface area contributed by atoms with E-state index in [2.05, 4.69) is 16.5 Å². The molecule has 152 valence electrons. The van der Waals surface area contributed by atoms with E-state index in [-0.39, 0.29) is 31.2 Å². The number of ketones is 1. The summed E-state index contributed by atoms with van der Waals surface area (Å²) < 4.78 is 16.0. The van der Waals surface area contributed by atoms with E-state index < -0.39 is 6.30 Å². The van der Waals surface area contributed by atoms with Gasteiger partial charge in [-0.05, 0) is 42.8 Å². The third-order valence-corrected chi connectivity index (χ3v) is 4.62. The fourth-order valence-corrected chi connectivity index (χ4v) is 3.15. The van der Waals surface area contributed by atoms with Crippen molar-refractivity contribution in [3.63, 3.8) is 0 Å². The van der Waals surface area contributed by atoms with Crippen LogP contribution < -0.4 is 5.73 Å². The number of pyridine rings is 1. The van der Waals surface area contributed by atoms with Gasteiger partial charge in [0.15, 0.2) is 17.7 Å². The first-order valence-electron chi connectivity index (χ1n) is 9.38. The van der Waals surface area contributed by atoms with Gasteiger partial charge in [-0.3, -0.25) is 9.36 Å². The molecule has 0 aliphatic rings. The predicted octanol–water partition coefficient (Wildman–Crippen LogP) is 2.92. The first-order valence-corrected chi connectivity index (χ1v) is 9.38. The van der Waals surface area contributed by atoms with Gasteiger partial charge >= 0.3 is 0 Å². The van der Waals surface area contributed by atoms with Crippen molar-refractivity contribution in [3.05, 3.63) is 66.4 Å². The summed E-state index contributed by atoms with van der Waals surface area (Å²) in [6.45, 7) is 5.00. The van der Waals surface area contributed by atoms with Crippen LogP contribution in [0.1, 0.15) is 35.9 Å². The van der Waals surface area contributed by atoms with Gasteiger partial charge < -0.3 is 15.7 Å². The summed E-state index contributed by atoms with van der Waals surface area (Å²) in [7, 11) is 0. The summed E-state index contributed by atoms with van der Waals surface area (Å²) in [5.41, 5.74) is 8.08. The molecule has 0 fully saturated rings. The number of aliphatic hydroxyl groups is 1. The molecule has 1 aromatic carbocycles. The van der Waals surface area contributed by atoms with Gasteiger partial charge in [-0.2, -0.15) is 0 Å². The van der Waals surface area contributed by atoms with Gasteiger partial charge in [-0.1, -0.05) is 19.9 Å². The summed E-state index contributed by atoms with van der Waals surface area (Å²) in [5.74, 6) is 0.209. The number of benzene rings is 1. The second kappa shape index (κ2) is 8.83. The first-order chi connectivity index (χ1) is 14.0. The maximum atomic E-state index is 14.3. The molecule has 0 amide bonds. The fraction of sp³-hybridized carbons (Fsp3) is 0.286. The lowest BCUT2D eigenvalue weighted by Crippen LogP contribution is -2.38. The fourth-order valence-electron chi connectivity index (χ4n) is 3.15. The first kappa shape index (κ1) is 20.5. The maximum absolute atomic E-state index is 14.3. The molecule has 1 atom stereocenters. The minimum absolute atomic E-state index is 0.0273. The zero-order valence-electron chi connectivity index (χ0n) is 16.3. The van der Waals surface area contributed by atoms with Gasteiger partial charge in [0.2, 0.25) is 0 Å². The lowest BCUT2D eigenvalue weighted by atomic mass is 10.1. The van der Waals surface area contributed by atoms with Crippen LogP contribution in [0.3, 0.4) is 0 Å². The normalized spacial score (nSPS) is 12.1. The highest BCUT2D eigenvalue weighted by Gasteiger charge is 2.21. The highest BCUT2D eigenvalue weighted by atomic mass is 19.1. The Kier molecular flexibility index (Phi) is 6.23. The van der Waals surface area contributed by atoms with Crippen LogP contribution >= 0.6 is 0 Å². The molecule has 3 N–H and O–H groups in total. The van der Waals surface area contributed by atoms with E-state index in [4.69, 9.17) is 5.73 Å². The molecule has 29 heavy (non-hydrogen) atoms. The van der Waals surface area contributed by atoms with E-state index in [9.17, 15) is 14.3 Å². The van der Waals surface area contributed by atoms with Crippen LogP contribution in [0.5, 0.6) is 0 Å². The van der Waals surface area contributed by atoms with Crippen molar-refractivity contribution in [2.24, 2.45) is 5.73 Å². The molecule has 0 radical (unpaired) electrons. The molecule has 0 saturated heterocycles. The van der Waals surface area contributed by atoms with Crippen LogP contribution in [-0.2, 0) is 6.61 Å². The minimum Gasteiger partial charge on any atom is -0.388 e. The lowest BCUT2D eigenvalue weighted by molar-refractivity contribution is 0.0766. The van der Waals surface area contributed by atoms with Crippen LogP contribution in [0.15, 0.2) is 55.0 Å². The number of halogens is 1. The number of hydrogen-bond acceptors (Lipinski definition) is 6. The molecule has 0 aliphatic heterocycles. The number of aliphatic hydroxyl groups excluding tert-OH is 1. The molecule has 0 aliphatic carbocycles. The number of imidazole rings is 1. The van der Waals surface area contributed by atoms with E-state index in [0.717, 1.165) is 0 Å². The molecule has 3 rings (SSSR count). The largest absolute Gasteiger partial charge is 0.388 e. The summed E-state index contributed by atoms with van der Waals surface area (Å²) >= 11 is 0. The molecule has 2 heterocycles. The topological polar surface area (TPSA) is 97.3 Å². The number of carbonyl (C=O) groups excluding carboxylic acids is 1. The van der Waals surface area contributed by atoms with Crippen LogP contribution in [0, 0.1) is 0 Å². The van der Waals surface area contributed by atoms with Crippen molar-refractivity contribution in [2.75, 3.05) is 6.54 Å². The Labute approximate surface area is 168 Å². The van der Waals surface area contributed by atoms with Gasteiger partial charge in [0.1, 0.15) is 17.9 Å². The van der Waals surface area contributed by atoms with Crippen molar-refractivity contribution in [1.82, 2.24) is 19.4 Å². The number of aromatic nitrogens is 3. The van der Waals surface area contributed by atoms with Gasteiger partial charge in [0.05, 0.1) is 12.4 Å². The number of carbonyl (C=O) groups is 1. The molecular weight excluding hydrogens is 373 g/mol. The van der Waals surface area contributed by atoms with Crippen molar-refractivity contribution >= 4 is 16.9 Å². The zero-order valence-corrected chi connectivity index (χ0v) is 16.3. The van der Waals surface area contributed by atoms with E-state index in [1.165, 1.54) is 4.90 Å². The van der Waals surface area contributed by atoms with Gasteiger partial charge in [-0.15, -0.1) is 0 Å². The number of alkyl halides is 1. The molecule has 2 aromatic heterocycles. The van der Waals surface area contributed by atoms with Crippen LogP contribution in [-0.4, -0.2) is 43.2 Å². The van der Waals surface area contributed by atoms with E-state index in [0.29, 0.717) is 34.7 Å². The number of Topliss-reactive ketones (excluding diaryl/α,β-unsaturated/α-hetero) is 1. The Morgan fingerprint density at radius 3 is 2.69 bits per heavy atom. The average Bonchev–Trinajstić information content (AvgIpc) is 3.10. The molecular formula is C21H24FN5O2. The third kappa shape index (κ3) is 4.27. The summed E-state index contributed by atoms with van der Waals surface area (Å²) in [5, 5.41) is 9.64. The molecule has 0 saturated carbocycles. The molecule has 1 unspecified atom stereocenters.